The van der Waals surface area contributed by atoms with E-state index in [2.05, 4.69) is 10.6 Å². The van der Waals surface area contributed by atoms with Gasteiger partial charge in [0.15, 0.2) is 6.10 Å². The van der Waals surface area contributed by atoms with Crippen LogP contribution in [0.2, 0.25) is 0 Å². The molecule has 12 heteroatoms. The van der Waals surface area contributed by atoms with E-state index < -0.39 is 49.2 Å². The van der Waals surface area contributed by atoms with Gasteiger partial charge in [0.1, 0.15) is 18.0 Å². The molecule has 0 bridgehead atoms. The summed E-state index contributed by atoms with van der Waals surface area (Å²) in [5.41, 5.74) is 0.390. The summed E-state index contributed by atoms with van der Waals surface area (Å²) < 4.78 is 34.0. The van der Waals surface area contributed by atoms with E-state index in [1.807, 2.05) is 6.07 Å². The minimum Gasteiger partial charge on any atom is -0.467 e. The summed E-state index contributed by atoms with van der Waals surface area (Å²) in [6, 6.07) is 14.8. The van der Waals surface area contributed by atoms with Gasteiger partial charge in [-0.15, -0.1) is 0 Å². The average Bonchev–Trinajstić information content (AvgIpc) is 2.83. The number of carbonyl (C=O) groups excluding carboxylic acids is 3. The summed E-state index contributed by atoms with van der Waals surface area (Å²) in [4.78, 5) is 48.0. The van der Waals surface area contributed by atoms with Gasteiger partial charge in [0.2, 0.25) is 0 Å². The first-order chi connectivity index (χ1) is 17.7. The Morgan fingerprint density at radius 1 is 1.00 bits per heavy atom. The van der Waals surface area contributed by atoms with Crippen LogP contribution < -0.4 is 10.6 Å². The quantitative estimate of drug-likeness (QED) is 0.202. The van der Waals surface area contributed by atoms with Gasteiger partial charge in [-0.2, -0.15) is 0 Å². The molecule has 3 atom stereocenters. The van der Waals surface area contributed by atoms with Crippen LogP contribution in [0.4, 0.5) is 15.3 Å². The van der Waals surface area contributed by atoms with Gasteiger partial charge >= 0.3 is 25.8 Å². The fraction of sp³-hybridized carbons (Fsp3) is 0.423. The van der Waals surface area contributed by atoms with Crippen molar-refractivity contribution in [3.05, 3.63) is 65.7 Å². The van der Waals surface area contributed by atoms with Crippen LogP contribution in [0.1, 0.15) is 51.8 Å². The van der Waals surface area contributed by atoms with Crippen LogP contribution in [-0.2, 0) is 34.7 Å². The lowest BCUT2D eigenvalue weighted by molar-refractivity contribution is -0.149. The van der Waals surface area contributed by atoms with Crippen molar-refractivity contribution in [2.75, 3.05) is 12.4 Å². The number of anilines is 1. The molecule has 208 valence electrons. The van der Waals surface area contributed by atoms with Crippen molar-refractivity contribution in [1.29, 1.82) is 0 Å². The summed E-state index contributed by atoms with van der Waals surface area (Å²) >= 11 is 0. The highest BCUT2D eigenvalue weighted by atomic mass is 31.2. The molecule has 0 radical (unpaired) electrons. The van der Waals surface area contributed by atoms with Crippen molar-refractivity contribution in [2.24, 2.45) is 5.92 Å². The topological polar surface area (TPSA) is 149 Å². The summed E-state index contributed by atoms with van der Waals surface area (Å²) in [5.74, 6) is -2.93. The molecule has 0 aliphatic heterocycles. The van der Waals surface area contributed by atoms with E-state index in [1.54, 1.807) is 65.0 Å². The lowest BCUT2D eigenvalue weighted by Crippen LogP contribution is -2.39. The van der Waals surface area contributed by atoms with Gasteiger partial charge in [-0.25, -0.2) is 14.4 Å². The number of ether oxygens (including phenoxy) is 3. The standard InChI is InChI=1S/C26H35N2O9P/c1-17(2)22(28-24(30)35-16-18-11-8-7-9-12-18)38(32,33)37-21(23(29)34-6)19-13-10-14-20(15-19)27-25(31)36-26(3,4)5/h7-15,17,21-22H,16H2,1-6H3,(H,27,31)(H,28,30)(H,32,33). The maximum Gasteiger partial charge on any atom is 0.412 e. The molecule has 2 rings (SSSR count). The van der Waals surface area contributed by atoms with Crippen LogP contribution in [0.3, 0.4) is 0 Å². The molecule has 0 spiro atoms. The third-order valence-corrected chi connectivity index (χ3v) is 6.91. The summed E-state index contributed by atoms with van der Waals surface area (Å²) in [7, 11) is -3.59. The largest absolute Gasteiger partial charge is 0.467 e. The molecule has 0 saturated heterocycles. The van der Waals surface area contributed by atoms with Gasteiger partial charge in [0.25, 0.3) is 0 Å². The number of methoxy groups -OCH3 is 1. The fourth-order valence-electron chi connectivity index (χ4n) is 3.28. The maximum absolute atomic E-state index is 13.4. The van der Waals surface area contributed by atoms with Crippen LogP contribution in [0.5, 0.6) is 0 Å². The van der Waals surface area contributed by atoms with E-state index in [1.165, 1.54) is 18.2 Å². The van der Waals surface area contributed by atoms with Crippen LogP contribution in [0.15, 0.2) is 54.6 Å². The first-order valence-corrected chi connectivity index (χ1v) is 13.5. The van der Waals surface area contributed by atoms with E-state index >= 15 is 0 Å². The molecule has 0 aliphatic carbocycles. The Hall–Kier alpha value is -3.40. The number of esters is 1. The van der Waals surface area contributed by atoms with Gasteiger partial charge in [0, 0.05) is 5.69 Å². The van der Waals surface area contributed by atoms with E-state index in [0.29, 0.717) is 0 Å². The first-order valence-electron chi connectivity index (χ1n) is 11.9. The molecule has 3 unspecified atom stereocenters. The number of rotatable bonds is 10. The molecule has 2 amide bonds. The van der Waals surface area contributed by atoms with Gasteiger partial charge in [-0.1, -0.05) is 56.3 Å². The molecule has 0 heterocycles. The second-order valence-corrected chi connectivity index (χ2v) is 11.6. The first kappa shape index (κ1) is 30.8. The number of carbonyl (C=O) groups is 3. The monoisotopic (exact) mass is 550 g/mol. The van der Waals surface area contributed by atoms with Crippen molar-refractivity contribution >= 4 is 31.4 Å². The van der Waals surface area contributed by atoms with Gasteiger partial charge in [-0.3, -0.25) is 14.4 Å². The molecular formula is C26H35N2O9P. The van der Waals surface area contributed by atoms with E-state index in [-0.39, 0.29) is 17.9 Å². The Kier molecular flexibility index (Phi) is 10.9. The number of amides is 2. The van der Waals surface area contributed by atoms with Gasteiger partial charge in [0.05, 0.1) is 7.11 Å². The number of hydrogen-bond acceptors (Lipinski definition) is 8. The molecule has 2 aromatic rings. The smallest absolute Gasteiger partial charge is 0.412 e. The van der Waals surface area contributed by atoms with E-state index in [9.17, 15) is 23.8 Å². The molecule has 3 N–H and O–H groups in total. The second kappa shape index (κ2) is 13.4. The maximum atomic E-state index is 13.4. The molecule has 11 nitrogen and oxygen atoms in total. The van der Waals surface area contributed by atoms with Crippen molar-refractivity contribution in [3.63, 3.8) is 0 Å². The Morgan fingerprint density at radius 2 is 1.66 bits per heavy atom. The van der Waals surface area contributed by atoms with Crippen LogP contribution in [0.25, 0.3) is 0 Å². The normalized spacial score (nSPS) is 14.5. The lowest BCUT2D eigenvalue weighted by atomic mass is 10.1. The fourth-order valence-corrected chi connectivity index (χ4v) is 4.94. The Morgan fingerprint density at radius 3 is 2.24 bits per heavy atom. The number of alkyl carbamates (subject to hydrolysis) is 1. The van der Waals surface area contributed by atoms with Crippen LogP contribution in [-0.4, -0.2) is 41.5 Å². The van der Waals surface area contributed by atoms with Gasteiger partial charge in [-0.05, 0) is 49.9 Å². The molecule has 0 aliphatic rings. The zero-order chi connectivity index (χ0) is 28.5. The van der Waals surface area contributed by atoms with Crippen molar-refractivity contribution in [3.8, 4) is 0 Å². The third kappa shape index (κ3) is 9.81. The summed E-state index contributed by atoms with van der Waals surface area (Å²) in [6.07, 6.45) is -3.29. The highest BCUT2D eigenvalue weighted by Gasteiger charge is 2.41. The third-order valence-electron chi connectivity index (χ3n) is 4.97. The Bertz CT molecular complexity index is 1150. The summed E-state index contributed by atoms with van der Waals surface area (Å²) in [6.45, 7) is 8.29. The van der Waals surface area contributed by atoms with Crippen molar-refractivity contribution in [2.45, 2.75) is 58.7 Å². The summed E-state index contributed by atoms with van der Waals surface area (Å²) in [5, 5.41) is 4.91. The van der Waals surface area contributed by atoms with Crippen LogP contribution >= 0.6 is 7.60 Å². The minimum absolute atomic E-state index is 0.0453. The zero-order valence-electron chi connectivity index (χ0n) is 22.3. The van der Waals surface area contributed by atoms with E-state index in [0.717, 1.165) is 12.7 Å². The lowest BCUT2D eigenvalue weighted by Gasteiger charge is -2.29. The van der Waals surface area contributed by atoms with Gasteiger partial charge < -0.3 is 24.4 Å². The number of hydrogen-bond donors (Lipinski definition) is 3. The molecule has 0 saturated carbocycles. The predicted molar refractivity (Wildman–Crippen MR) is 140 cm³/mol. The Balaban J connectivity index is 2.21. The van der Waals surface area contributed by atoms with Crippen molar-refractivity contribution in [1.82, 2.24) is 5.32 Å². The molecule has 0 fully saturated rings. The molecule has 2 aromatic carbocycles. The highest BCUT2D eigenvalue weighted by Crippen LogP contribution is 2.53. The molecule has 38 heavy (non-hydrogen) atoms. The molecule has 0 aromatic heterocycles. The van der Waals surface area contributed by atoms with E-state index in [4.69, 9.17) is 18.7 Å². The zero-order valence-corrected chi connectivity index (χ0v) is 23.2. The molecular weight excluding hydrogens is 515 g/mol. The minimum atomic E-state index is -4.69. The SMILES string of the molecule is COC(=O)C(OP(=O)(O)C(NC(=O)OCc1ccccc1)C(C)C)c1cccc(NC(=O)OC(C)(C)C)c1. The predicted octanol–water partition coefficient (Wildman–Crippen LogP) is 5.36. The Labute approximate surface area is 222 Å². The number of benzene rings is 2. The second-order valence-electron chi connectivity index (χ2n) is 9.72. The average molecular weight is 551 g/mol. The highest BCUT2D eigenvalue weighted by molar-refractivity contribution is 7.53. The van der Waals surface area contributed by atoms with Crippen LogP contribution in [0, 0.1) is 5.92 Å². The number of nitrogens with one attached hydrogen (secondary N) is 2. The van der Waals surface area contributed by atoms with Crippen molar-refractivity contribution < 1.29 is 42.6 Å².